The van der Waals surface area contributed by atoms with Crippen molar-refractivity contribution in [2.24, 2.45) is 0 Å². The summed E-state index contributed by atoms with van der Waals surface area (Å²) in [4.78, 5) is 0.202. The molecular weight excluding hydrogens is 308 g/mol. The van der Waals surface area contributed by atoms with E-state index in [4.69, 9.17) is 0 Å². The minimum Gasteiger partial charge on any atom is -0.390 e. The Morgan fingerprint density at radius 2 is 2.14 bits per heavy atom. The Labute approximate surface area is 129 Å². The summed E-state index contributed by atoms with van der Waals surface area (Å²) in [6, 6.07) is 1.53. The molecule has 0 aromatic carbocycles. The zero-order chi connectivity index (χ0) is 15.5. The van der Waals surface area contributed by atoms with Gasteiger partial charge in [-0.3, -0.25) is 0 Å². The fraction of sp³-hybridized carbons (Fsp3) is 0.429. The zero-order valence-corrected chi connectivity index (χ0v) is 13.8. The SMILES string of the molecule is CCCn1cc(S(=O)(=O)NCc2cscc2C)cc1CO. The third-order valence-corrected chi connectivity index (χ3v) is 5.59. The first kappa shape index (κ1) is 16.2. The van der Waals surface area contributed by atoms with E-state index in [2.05, 4.69) is 4.72 Å². The maximum Gasteiger partial charge on any atom is 0.242 e. The van der Waals surface area contributed by atoms with Crippen LogP contribution in [0.4, 0.5) is 0 Å². The molecule has 0 aliphatic heterocycles. The third kappa shape index (κ3) is 3.74. The Bertz CT molecular complexity index is 702. The fourth-order valence-corrected chi connectivity index (χ4v) is 4.00. The summed E-state index contributed by atoms with van der Waals surface area (Å²) in [5, 5.41) is 13.2. The van der Waals surface area contributed by atoms with E-state index in [0.29, 0.717) is 12.2 Å². The van der Waals surface area contributed by atoms with Crippen molar-refractivity contribution < 1.29 is 13.5 Å². The highest BCUT2D eigenvalue weighted by Gasteiger charge is 2.18. The van der Waals surface area contributed by atoms with Crippen LogP contribution in [0.3, 0.4) is 0 Å². The average molecular weight is 328 g/mol. The van der Waals surface area contributed by atoms with Crippen LogP contribution in [0.1, 0.15) is 30.2 Å². The summed E-state index contributed by atoms with van der Waals surface area (Å²) in [5.41, 5.74) is 2.69. The molecule has 0 aliphatic carbocycles. The van der Waals surface area contributed by atoms with Gasteiger partial charge in [-0.2, -0.15) is 11.3 Å². The van der Waals surface area contributed by atoms with Gasteiger partial charge in [-0.15, -0.1) is 0 Å². The van der Waals surface area contributed by atoms with Crippen molar-refractivity contribution in [3.8, 4) is 0 Å². The van der Waals surface area contributed by atoms with Crippen molar-refractivity contribution in [2.75, 3.05) is 0 Å². The van der Waals surface area contributed by atoms with Gasteiger partial charge in [0.05, 0.1) is 11.5 Å². The standard InChI is InChI=1S/C14H20N2O3S2/c1-3-4-16-7-14(5-13(16)8-17)21(18,19)15-6-12-10-20-9-11(12)2/h5,7,9-10,15,17H,3-4,6,8H2,1-2H3. The van der Waals surface area contributed by atoms with Gasteiger partial charge in [0.1, 0.15) is 0 Å². The minimum atomic E-state index is -3.56. The molecular formula is C14H20N2O3S2. The van der Waals surface area contributed by atoms with Crippen LogP contribution in [0, 0.1) is 6.92 Å². The number of sulfonamides is 1. The number of hydrogen-bond acceptors (Lipinski definition) is 4. The van der Waals surface area contributed by atoms with Crippen molar-refractivity contribution in [1.82, 2.24) is 9.29 Å². The smallest absolute Gasteiger partial charge is 0.242 e. The first-order valence-corrected chi connectivity index (χ1v) is 9.21. The minimum absolute atomic E-state index is 0.168. The van der Waals surface area contributed by atoms with E-state index >= 15 is 0 Å². The number of thiophene rings is 1. The molecule has 2 aromatic rings. The molecule has 0 unspecified atom stereocenters. The lowest BCUT2D eigenvalue weighted by molar-refractivity contribution is 0.270. The lowest BCUT2D eigenvalue weighted by Gasteiger charge is -2.05. The highest BCUT2D eigenvalue weighted by molar-refractivity contribution is 7.89. The Balaban J connectivity index is 2.17. The van der Waals surface area contributed by atoms with Crippen molar-refractivity contribution in [1.29, 1.82) is 0 Å². The molecule has 7 heteroatoms. The number of nitrogens with one attached hydrogen (secondary N) is 1. The number of aryl methyl sites for hydroxylation is 2. The molecule has 0 aliphatic rings. The maximum absolute atomic E-state index is 12.3. The predicted octanol–water partition coefficient (Wildman–Crippen LogP) is 2.24. The normalized spacial score (nSPS) is 12.0. The lowest BCUT2D eigenvalue weighted by Crippen LogP contribution is -2.23. The van der Waals surface area contributed by atoms with E-state index in [0.717, 1.165) is 17.5 Å². The van der Waals surface area contributed by atoms with Crippen LogP contribution in [0.25, 0.3) is 0 Å². The van der Waals surface area contributed by atoms with E-state index in [1.165, 1.54) is 6.07 Å². The Morgan fingerprint density at radius 3 is 2.71 bits per heavy atom. The number of rotatable bonds is 7. The number of aromatic nitrogens is 1. The highest BCUT2D eigenvalue weighted by atomic mass is 32.2. The summed E-state index contributed by atoms with van der Waals surface area (Å²) >= 11 is 1.56. The molecule has 2 N–H and O–H groups in total. The molecule has 0 fully saturated rings. The quantitative estimate of drug-likeness (QED) is 0.819. The molecule has 0 saturated heterocycles. The molecule has 0 saturated carbocycles. The van der Waals surface area contributed by atoms with E-state index in [1.807, 2.05) is 24.6 Å². The number of aliphatic hydroxyl groups is 1. The van der Waals surface area contributed by atoms with Gasteiger partial charge in [-0.05, 0) is 41.3 Å². The van der Waals surface area contributed by atoms with Crippen molar-refractivity contribution in [3.05, 3.63) is 39.8 Å². The number of aliphatic hydroxyl groups excluding tert-OH is 1. The highest BCUT2D eigenvalue weighted by Crippen LogP contribution is 2.17. The zero-order valence-electron chi connectivity index (χ0n) is 12.2. The van der Waals surface area contributed by atoms with Gasteiger partial charge >= 0.3 is 0 Å². The second-order valence-electron chi connectivity index (χ2n) is 4.92. The van der Waals surface area contributed by atoms with Crippen LogP contribution in [0.2, 0.25) is 0 Å². The topological polar surface area (TPSA) is 71.3 Å². The molecule has 0 bridgehead atoms. The van der Waals surface area contributed by atoms with Gasteiger partial charge in [-0.1, -0.05) is 6.92 Å². The van der Waals surface area contributed by atoms with Crippen LogP contribution >= 0.6 is 11.3 Å². The predicted molar refractivity (Wildman–Crippen MR) is 83.7 cm³/mol. The summed E-state index contributed by atoms with van der Waals surface area (Å²) in [6.45, 7) is 4.77. The van der Waals surface area contributed by atoms with Gasteiger partial charge in [0.25, 0.3) is 0 Å². The first-order chi connectivity index (χ1) is 9.97. The van der Waals surface area contributed by atoms with Crippen LogP contribution < -0.4 is 4.72 Å². The molecule has 2 rings (SSSR count). The van der Waals surface area contributed by atoms with E-state index in [9.17, 15) is 13.5 Å². The largest absolute Gasteiger partial charge is 0.390 e. The molecule has 116 valence electrons. The Morgan fingerprint density at radius 1 is 1.38 bits per heavy atom. The van der Waals surface area contributed by atoms with Crippen LogP contribution in [0.5, 0.6) is 0 Å². The second kappa shape index (κ2) is 6.74. The van der Waals surface area contributed by atoms with Crippen molar-refractivity contribution in [3.63, 3.8) is 0 Å². The molecule has 0 radical (unpaired) electrons. The van der Waals surface area contributed by atoms with E-state index in [-0.39, 0.29) is 18.0 Å². The summed E-state index contributed by atoms with van der Waals surface area (Å²) in [7, 11) is -3.56. The molecule has 2 heterocycles. The summed E-state index contributed by atoms with van der Waals surface area (Å²) in [5.74, 6) is 0. The number of nitrogens with zero attached hydrogens (tertiary/aromatic N) is 1. The Kier molecular flexibility index (Phi) is 5.21. The third-order valence-electron chi connectivity index (χ3n) is 3.31. The molecule has 21 heavy (non-hydrogen) atoms. The fourth-order valence-electron chi connectivity index (χ4n) is 2.08. The molecule has 0 spiro atoms. The van der Waals surface area contributed by atoms with Crippen LogP contribution in [0.15, 0.2) is 27.9 Å². The number of hydrogen-bond donors (Lipinski definition) is 2. The first-order valence-electron chi connectivity index (χ1n) is 6.79. The Hall–Kier alpha value is -1.15. The molecule has 5 nitrogen and oxygen atoms in total. The lowest BCUT2D eigenvalue weighted by atomic mass is 10.2. The molecule has 0 amide bonds. The van der Waals surface area contributed by atoms with E-state index in [1.54, 1.807) is 22.1 Å². The van der Waals surface area contributed by atoms with Crippen molar-refractivity contribution in [2.45, 2.75) is 44.9 Å². The van der Waals surface area contributed by atoms with Crippen LogP contribution in [-0.2, 0) is 29.7 Å². The van der Waals surface area contributed by atoms with Gasteiger partial charge in [-0.25, -0.2) is 13.1 Å². The van der Waals surface area contributed by atoms with Gasteiger partial charge in [0.15, 0.2) is 0 Å². The van der Waals surface area contributed by atoms with Crippen LogP contribution in [-0.4, -0.2) is 18.1 Å². The molecule has 2 aromatic heterocycles. The van der Waals surface area contributed by atoms with Gasteiger partial charge in [0.2, 0.25) is 10.0 Å². The van der Waals surface area contributed by atoms with Crippen molar-refractivity contribution >= 4 is 21.4 Å². The second-order valence-corrected chi connectivity index (χ2v) is 7.43. The maximum atomic E-state index is 12.3. The summed E-state index contributed by atoms with van der Waals surface area (Å²) < 4.78 is 29.0. The van der Waals surface area contributed by atoms with Gasteiger partial charge in [0, 0.05) is 25.0 Å². The van der Waals surface area contributed by atoms with Gasteiger partial charge < -0.3 is 9.67 Å². The monoisotopic (exact) mass is 328 g/mol. The average Bonchev–Trinajstić information content (AvgIpc) is 3.04. The van der Waals surface area contributed by atoms with E-state index < -0.39 is 10.0 Å². The molecule has 0 atom stereocenters. The summed E-state index contributed by atoms with van der Waals surface area (Å²) in [6.07, 6.45) is 2.46.